The van der Waals surface area contributed by atoms with Gasteiger partial charge in [-0.05, 0) is 49.1 Å². The lowest BCUT2D eigenvalue weighted by molar-refractivity contribution is -0.142. The van der Waals surface area contributed by atoms with Crippen molar-refractivity contribution in [2.75, 3.05) is 12.3 Å². The molecule has 1 fully saturated rings. The second-order valence-electron chi connectivity index (χ2n) is 7.38. The fourth-order valence-corrected chi connectivity index (χ4v) is 6.62. The van der Waals surface area contributed by atoms with E-state index in [-0.39, 0.29) is 11.4 Å². The molecule has 1 heterocycles. The Morgan fingerprint density at radius 2 is 1.64 bits per heavy atom. The number of carboxylic acids is 1. The first-order valence-electron chi connectivity index (χ1n) is 9.25. The molecule has 0 spiro atoms. The van der Waals surface area contributed by atoms with Crippen molar-refractivity contribution in [3.8, 4) is 11.1 Å². The number of hydrogen-bond acceptors (Lipinski definition) is 4. The van der Waals surface area contributed by atoms with Gasteiger partial charge in [-0.25, -0.2) is 8.42 Å². The third-order valence-electron chi connectivity index (χ3n) is 5.12. The quantitative estimate of drug-likeness (QED) is 0.796. The van der Waals surface area contributed by atoms with Gasteiger partial charge in [-0.3, -0.25) is 4.79 Å². The van der Waals surface area contributed by atoms with Gasteiger partial charge in [0.15, 0.2) is 0 Å². The molecule has 7 heteroatoms. The Kier molecular flexibility index (Phi) is 5.89. The summed E-state index contributed by atoms with van der Waals surface area (Å²) in [5.41, 5.74) is 3.18. The smallest absolute Gasteiger partial charge is 0.323 e. The molecule has 3 rings (SSSR count). The van der Waals surface area contributed by atoms with Gasteiger partial charge >= 0.3 is 5.97 Å². The zero-order valence-electron chi connectivity index (χ0n) is 16.3. The number of aliphatic carboxylic acids is 1. The first-order valence-corrected chi connectivity index (χ1v) is 11.7. The molecule has 2 aromatic carbocycles. The Balaban J connectivity index is 1.92. The van der Waals surface area contributed by atoms with Crippen molar-refractivity contribution in [3.63, 3.8) is 0 Å². The normalized spacial score (nSPS) is 20.0. The van der Waals surface area contributed by atoms with E-state index in [9.17, 15) is 18.3 Å². The van der Waals surface area contributed by atoms with E-state index in [1.54, 1.807) is 38.1 Å². The van der Waals surface area contributed by atoms with E-state index in [4.69, 9.17) is 0 Å². The van der Waals surface area contributed by atoms with Gasteiger partial charge in [-0.1, -0.05) is 43.3 Å². The fourth-order valence-electron chi connectivity index (χ4n) is 3.52. The van der Waals surface area contributed by atoms with E-state index in [2.05, 4.69) is 19.1 Å². The van der Waals surface area contributed by atoms with Crippen molar-refractivity contribution in [2.24, 2.45) is 0 Å². The van der Waals surface area contributed by atoms with Crippen LogP contribution in [0, 0.1) is 0 Å². The van der Waals surface area contributed by atoms with Crippen LogP contribution in [0.15, 0.2) is 53.4 Å². The number of carbonyl (C=O) groups is 1. The number of nitrogens with zero attached hydrogens (tertiary/aromatic N) is 1. The summed E-state index contributed by atoms with van der Waals surface area (Å²) in [4.78, 5) is 12.0. The minimum absolute atomic E-state index is 0.121. The van der Waals surface area contributed by atoms with E-state index < -0.39 is 26.8 Å². The van der Waals surface area contributed by atoms with E-state index in [1.807, 2.05) is 12.1 Å². The molecule has 1 aliphatic rings. The number of benzene rings is 2. The maximum atomic E-state index is 13.2. The molecule has 2 aromatic rings. The summed E-state index contributed by atoms with van der Waals surface area (Å²) in [7, 11) is -3.90. The zero-order valence-corrected chi connectivity index (χ0v) is 17.9. The molecule has 0 aliphatic carbocycles. The average molecular weight is 420 g/mol. The van der Waals surface area contributed by atoms with Crippen LogP contribution in [0.4, 0.5) is 0 Å². The lowest BCUT2D eigenvalue weighted by Crippen LogP contribution is -2.58. The maximum Gasteiger partial charge on any atom is 0.323 e. The Hall–Kier alpha value is -1.83. The third kappa shape index (κ3) is 3.97. The van der Waals surface area contributed by atoms with Crippen LogP contribution < -0.4 is 0 Å². The molecule has 5 nitrogen and oxygen atoms in total. The van der Waals surface area contributed by atoms with Crippen LogP contribution in [0.1, 0.15) is 26.3 Å². The summed E-state index contributed by atoms with van der Waals surface area (Å²) in [6.07, 6.45) is 0.965. The molecular weight excluding hydrogens is 394 g/mol. The van der Waals surface area contributed by atoms with Gasteiger partial charge in [0.2, 0.25) is 10.0 Å². The highest BCUT2D eigenvalue weighted by molar-refractivity contribution is 8.00. The van der Waals surface area contributed by atoms with Crippen LogP contribution in [0.25, 0.3) is 11.1 Å². The fraction of sp³-hybridized carbons (Fsp3) is 0.381. The Morgan fingerprint density at radius 3 is 2.14 bits per heavy atom. The minimum Gasteiger partial charge on any atom is -0.480 e. The highest BCUT2D eigenvalue weighted by Crippen LogP contribution is 2.38. The first-order chi connectivity index (χ1) is 13.2. The molecule has 150 valence electrons. The molecule has 1 saturated heterocycles. The Bertz CT molecular complexity index is 951. The second-order valence-corrected chi connectivity index (χ2v) is 11.0. The van der Waals surface area contributed by atoms with Crippen LogP contribution in [0.3, 0.4) is 0 Å². The molecule has 1 N–H and O–H groups in total. The van der Waals surface area contributed by atoms with Crippen molar-refractivity contribution in [3.05, 3.63) is 54.1 Å². The van der Waals surface area contributed by atoms with Crippen molar-refractivity contribution in [1.82, 2.24) is 4.31 Å². The molecule has 0 aromatic heterocycles. The third-order valence-corrected chi connectivity index (χ3v) is 8.36. The van der Waals surface area contributed by atoms with Crippen LogP contribution in [-0.2, 0) is 21.2 Å². The summed E-state index contributed by atoms with van der Waals surface area (Å²) < 4.78 is 26.8. The lowest BCUT2D eigenvalue weighted by atomic mass is 10.0. The number of rotatable bonds is 5. The number of carboxylic acid groups (broad SMARTS) is 1. The molecule has 28 heavy (non-hydrogen) atoms. The summed E-state index contributed by atoms with van der Waals surface area (Å²) in [5.74, 6) is -0.550. The Morgan fingerprint density at radius 1 is 1.11 bits per heavy atom. The predicted octanol–water partition coefficient (Wildman–Crippen LogP) is 3.89. The number of thioether (sulfide) groups is 1. The van der Waals surface area contributed by atoms with Gasteiger partial charge in [0.25, 0.3) is 0 Å². The highest BCUT2D eigenvalue weighted by atomic mass is 32.2. The largest absolute Gasteiger partial charge is 0.480 e. The number of sulfonamides is 1. The standard InChI is InChI=1S/C21H25NO4S2/c1-4-15-5-7-16(8-6-15)17-9-11-18(12-10-17)28(25,26)22-13-14-27-21(2,3)19(22)20(23)24/h5-12,19H,4,13-14H2,1-3H3,(H,23,24)/t19-/m0/s1. The molecule has 1 atom stereocenters. The molecular formula is C21H25NO4S2. The minimum atomic E-state index is -3.90. The van der Waals surface area contributed by atoms with Gasteiger partial charge in [0, 0.05) is 17.0 Å². The highest BCUT2D eigenvalue weighted by Gasteiger charge is 2.48. The van der Waals surface area contributed by atoms with Crippen molar-refractivity contribution in [2.45, 2.75) is 42.9 Å². The van der Waals surface area contributed by atoms with E-state index in [0.717, 1.165) is 21.9 Å². The van der Waals surface area contributed by atoms with Gasteiger partial charge < -0.3 is 5.11 Å². The van der Waals surface area contributed by atoms with Crippen molar-refractivity contribution >= 4 is 27.8 Å². The van der Waals surface area contributed by atoms with Crippen LogP contribution in [-0.4, -0.2) is 46.9 Å². The Labute approximate surface area is 170 Å². The van der Waals surface area contributed by atoms with Gasteiger partial charge in [-0.2, -0.15) is 16.1 Å². The van der Waals surface area contributed by atoms with E-state index >= 15 is 0 Å². The molecule has 0 unspecified atom stereocenters. The summed E-state index contributed by atoms with van der Waals surface area (Å²) in [6, 6.07) is 13.7. The molecule has 0 saturated carbocycles. The van der Waals surface area contributed by atoms with E-state index in [0.29, 0.717) is 5.75 Å². The molecule has 1 aliphatic heterocycles. The zero-order chi connectivity index (χ0) is 20.5. The van der Waals surface area contributed by atoms with Gasteiger partial charge in [0.1, 0.15) is 6.04 Å². The number of aryl methyl sites for hydroxylation is 1. The van der Waals surface area contributed by atoms with Gasteiger partial charge in [-0.15, -0.1) is 0 Å². The SMILES string of the molecule is CCc1ccc(-c2ccc(S(=O)(=O)N3CCSC(C)(C)[C@@H]3C(=O)O)cc2)cc1. The summed E-state index contributed by atoms with van der Waals surface area (Å²) in [5, 5.41) is 9.67. The molecule has 0 bridgehead atoms. The monoisotopic (exact) mass is 419 g/mol. The molecule has 0 radical (unpaired) electrons. The average Bonchev–Trinajstić information content (AvgIpc) is 2.67. The van der Waals surface area contributed by atoms with Crippen LogP contribution in [0.5, 0.6) is 0 Å². The first kappa shape index (κ1) is 20.9. The maximum absolute atomic E-state index is 13.2. The summed E-state index contributed by atoms with van der Waals surface area (Å²) >= 11 is 1.49. The van der Waals surface area contributed by atoms with Crippen LogP contribution >= 0.6 is 11.8 Å². The van der Waals surface area contributed by atoms with Crippen LogP contribution in [0.2, 0.25) is 0 Å². The number of hydrogen-bond donors (Lipinski definition) is 1. The molecule has 0 amide bonds. The summed E-state index contributed by atoms with van der Waals surface area (Å²) in [6.45, 7) is 5.84. The predicted molar refractivity (Wildman–Crippen MR) is 113 cm³/mol. The topological polar surface area (TPSA) is 74.7 Å². The van der Waals surface area contributed by atoms with E-state index in [1.165, 1.54) is 17.3 Å². The van der Waals surface area contributed by atoms with Crippen molar-refractivity contribution in [1.29, 1.82) is 0 Å². The van der Waals surface area contributed by atoms with Crippen molar-refractivity contribution < 1.29 is 18.3 Å². The van der Waals surface area contributed by atoms with Gasteiger partial charge in [0.05, 0.1) is 4.90 Å². The lowest BCUT2D eigenvalue weighted by Gasteiger charge is -2.42. The second kappa shape index (κ2) is 7.89.